The molecule has 0 aromatic carbocycles. The molecular weight excluding hydrogens is 520 g/mol. The van der Waals surface area contributed by atoms with Crippen LogP contribution >= 0.6 is 34.8 Å². The smallest absolute Gasteiger partial charge is 1.00 e. The number of nitrogens with zero attached hydrogens (tertiary/aromatic N) is 2. The van der Waals surface area contributed by atoms with Crippen molar-refractivity contribution in [1.82, 2.24) is 15.1 Å². The van der Waals surface area contributed by atoms with E-state index < -0.39 is 5.24 Å². The van der Waals surface area contributed by atoms with Gasteiger partial charge in [0.05, 0.1) is 37.8 Å². The summed E-state index contributed by atoms with van der Waals surface area (Å²) in [7, 11) is 0. The zero-order chi connectivity index (χ0) is 26.4. The SMILES string of the molecule is CCN(C(=O)CCl)[C@@H](C)CO.CCN1C(=O)COC[C@@H]1C.CCN[C@@H](C)CO.O=C(Cl)CCl.[H-].[Na+]. The molecule has 0 aliphatic carbocycles. The maximum absolute atomic E-state index is 11.0. The minimum atomic E-state index is -0.508. The second kappa shape index (κ2) is 27.9. The molecule has 200 valence electrons. The summed E-state index contributed by atoms with van der Waals surface area (Å²) in [5.41, 5.74) is 0. The number of rotatable bonds is 9. The maximum Gasteiger partial charge on any atom is 1.00 e. The molecule has 3 N–H and O–H groups in total. The van der Waals surface area contributed by atoms with Crippen LogP contribution in [0, 0.1) is 0 Å². The minimum absolute atomic E-state index is 0. The van der Waals surface area contributed by atoms with Gasteiger partial charge >= 0.3 is 29.6 Å². The van der Waals surface area contributed by atoms with E-state index in [0.29, 0.717) is 13.2 Å². The summed E-state index contributed by atoms with van der Waals surface area (Å²) < 4.78 is 5.03. The second-order valence-electron chi connectivity index (χ2n) is 7.02. The Labute approximate surface area is 243 Å². The Hall–Kier alpha value is 0.320. The summed E-state index contributed by atoms with van der Waals surface area (Å²) in [6.45, 7) is 15.1. The Kier molecular flexibility index (Phi) is 34.0. The van der Waals surface area contributed by atoms with E-state index in [2.05, 4.69) is 5.32 Å². The molecule has 34 heavy (non-hydrogen) atoms. The van der Waals surface area contributed by atoms with Crippen molar-refractivity contribution in [3.05, 3.63) is 0 Å². The third kappa shape index (κ3) is 22.8. The number of aliphatic hydroxyl groups is 2. The van der Waals surface area contributed by atoms with Crippen molar-refractivity contribution < 1.29 is 60.3 Å². The number of carbonyl (C=O) groups excluding carboxylic acids is 3. The fraction of sp³-hybridized carbons (Fsp3) is 0.857. The molecule has 0 saturated carbocycles. The van der Waals surface area contributed by atoms with Gasteiger partial charge in [-0.1, -0.05) is 6.92 Å². The van der Waals surface area contributed by atoms with Crippen LogP contribution in [0.5, 0.6) is 0 Å². The largest absolute Gasteiger partial charge is 1.00 e. The number of likely N-dealkylation sites (N-methyl/N-ethyl adjacent to an activating group) is 3. The van der Waals surface area contributed by atoms with E-state index in [9.17, 15) is 14.4 Å². The van der Waals surface area contributed by atoms with Crippen LogP contribution in [0.4, 0.5) is 0 Å². The van der Waals surface area contributed by atoms with Crippen molar-refractivity contribution in [2.45, 2.75) is 59.7 Å². The van der Waals surface area contributed by atoms with Gasteiger partial charge in [-0.15, -0.1) is 23.2 Å². The molecule has 13 heteroatoms. The molecule has 0 spiro atoms. The van der Waals surface area contributed by atoms with E-state index in [4.69, 9.17) is 49.8 Å². The number of nitrogens with one attached hydrogen (secondary N) is 1. The average molecular weight is 563 g/mol. The third-order valence-corrected chi connectivity index (χ3v) is 5.02. The van der Waals surface area contributed by atoms with Crippen molar-refractivity contribution in [1.29, 1.82) is 0 Å². The molecule has 1 aliphatic heterocycles. The number of halogens is 3. The Bertz CT molecular complexity index is 531. The second-order valence-corrected chi connectivity index (χ2v) is 7.98. The van der Waals surface area contributed by atoms with Crippen molar-refractivity contribution in [2.75, 3.05) is 57.8 Å². The first-order valence-electron chi connectivity index (χ1n) is 10.9. The van der Waals surface area contributed by atoms with Crippen molar-refractivity contribution in [3.8, 4) is 0 Å². The molecule has 1 fully saturated rings. The first kappa shape index (κ1) is 41.4. The van der Waals surface area contributed by atoms with E-state index in [1.54, 1.807) is 11.8 Å². The van der Waals surface area contributed by atoms with Gasteiger partial charge < -0.3 is 31.5 Å². The molecular formula is C21H43Cl3N3NaO6. The van der Waals surface area contributed by atoms with E-state index in [0.717, 1.165) is 13.1 Å². The topological polar surface area (TPSA) is 119 Å². The van der Waals surface area contributed by atoms with Gasteiger partial charge in [-0.2, -0.15) is 0 Å². The summed E-state index contributed by atoms with van der Waals surface area (Å²) >= 11 is 14.9. The van der Waals surface area contributed by atoms with Gasteiger partial charge in [0.15, 0.2) is 0 Å². The molecule has 3 atom stereocenters. The number of hydrogen-bond donors (Lipinski definition) is 3. The van der Waals surface area contributed by atoms with Gasteiger partial charge in [-0.3, -0.25) is 14.4 Å². The molecule has 9 nitrogen and oxygen atoms in total. The van der Waals surface area contributed by atoms with E-state index in [1.165, 1.54) is 0 Å². The summed E-state index contributed by atoms with van der Waals surface area (Å²) in [6.07, 6.45) is 0. The Morgan fingerprint density at radius 2 is 1.74 bits per heavy atom. The monoisotopic (exact) mass is 561 g/mol. The van der Waals surface area contributed by atoms with Gasteiger partial charge in [-0.25, -0.2) is 0 Å². The Morgan fingerprint density at radius 1 is 1.21 bits per heavy atom. The fourth-order valence-electron chi connectivity index (χ4n) is 2.55. The first-order valence-corrected chi connectivity index (χ1v) is 12.4. The molecule has 0 unspecified atom stereocenters. The normalized spacial score (nSPS) is 16.1. The summed E-state index contributed by atoms with van der Waals surface area (Å²) in [5.74, 6) is -0.128. The Morgan fingerprint density at radius 3 is 1.97 bits per heavy atom. The van der Waals surface area contributed by atoms with Crippen molar-refractivity contribution in [3.63, 3.8) is 0 Å². The zero-order valence-electron chi connectivity index (χ0n) is 22.7. The predicted molar refractivity (Wildman–Crippen MR) is 135 cm³/mol. The van der Waals surface area contributed by atoms with Crippen LogP contribution in [-0.2, 0) is 19.1 Å². The Balaban J connectivity index is -0.000000116. The fourth-order valence-corrected chi connectivity index (χ4v) is 2.70. The number of amides is 2. The van der Waals surface area contributed by atoms with Crippen LogP contribution in [-0.4, -0.2) is 113 Å². The van der Waals surface area contributed by atoms with Crippen LogP contribution in [0.15, 0.2) is 0 Å². The molecule has 1 rings (SSSR count). The third-order valence-electron chi connectivity index (χ3n) is 4.28. The molecule has 1 saturated heterocycles. The van der Waals surface area contributed by atoms with Gasteiger partial charge in [-0.05, 0) is 52.8 Å². The van der Waals surface area contributed by atoms with Crippen molar-refractivity contribution >= 4 is 51.9 Å². The van der Waals surface area contributed by atoms with E-state index >= 15 is 0 Å². The van der Waals surface area contributed by atoms with Crippen LogP contribution in [0.2, 0.25) is 0 Å². The summed E-state index contributed by atoms with van der Waals surface area (Å²) in [5, 5.41) is 19.7. The average Bonchev–Trinajstić information content (AvgIpc) is 2.80. The van der Waals surface area contributed by atoms with Crippen LogP contribution < -0.4 is 34.9 Å². The molecule has 0 radical (unpaired) electrons. The predicted octanol–water partition coefficient (Wildman–Crippen LogP) is -1.21. The van der Waals surface area contributed by atoms with Crippen LogP contribution in [0.1, 0.15) is 43.0 Å². The van der Waals surface area contributed by atoms with Crippen molar-refractivity contribution in [2.24, 2.45) is 0 Å². The molecule has 0 aromatic heterocycles. The number of alkyl halides is 2. The number of carbonyl (C=O) groups is 3. The van der Waals surface area contributed by atoms with Gasteiger partial charge in [0.1, 0.15) is 12.5 Å². The minimum Gasteiger partial charge on any atom is -1.00 e. The van der Waals surface area contributed by atoms with Gasteiger partial charge in [0.25, 0.3) is 0 Å². The molecule has 0 aromatic rings. The van der Waals surface area contributed by atoms with Crippen LogP contribution in [0.3, 0.4) is 0 Å². The number of morpholine rings is 1. The molecule has 1 heterocycles. The summed E-state index contributed by atoms with van der Waals surface area (Å²) in [6, 6.07) is 0.377. The number of hydrogen-bond acceptors (Lipinski definition) is 7. The maximum atomic E-state index is 11.0. The standard InChI is InChI=1S/C7H14ClNO2.C7H13NO2.C5H13NO.C2H2Cl2O.Na.H/c1-3-9(6(2)5-10)7(11)4-8;1-3-8-6(2)4-10-5-7(8)9;1-3-6-5(2)4-7;3-1-2(4)5;;/h6,10H,3-5H2,1-2H3;6H,3-5H2,1-2H3;5-7H,3-4H2,1-2H3;1H2;;/q;;;;+1;-1/t2*6-;5-;;;/m000.../s1. The zero-order valence-corrected chi connectivity index (χ0v) is 25.9. The van der Waals surface area contributed by atoms with E-state index in [1.807, 2.05) is 39.5 Å². The van der Waals surface area contributed by atoms with Crippen LogP contribution in [0.25, 0.3) is 0 Å². The quantitative estimate of drug-likeness (QED) is 0.183. The number of aliphatic hydroxyl groups excluding tert-OH is 2. The molecule has 2 amide bonds. The van der Waals surface area contributed by atoms with Gasteiger partial charge in [0, 0.05) is 19.1 Å². The molecule has 1 aliphatic rings. The van der Waals surface area contributed by atoms with Gasteiger partial charge in [0.2, 0.25) is 17.1 Å². The molecule has 0 bridgehead atoms. The van der Waals surface area contributed by atoms with E-state index in [-0.39, 0.29) is 92.5 Å². The first-order chi connectivity index (χ1) is 15.5. The summed E-state index contributed by atoms with van der Waals surface area (Å²) in [4.78, 5) is 34.9. The number of ether oxygens (including phenoxy) is 1.